The molecule has 0 spiro atoms. The summed E-state index contributed by atoms with van der Waals surface area (Å²) in [6.07, 6.45) is 0.276. The van der Waals surface area contributed by atoms with Gasteiger partial charge in [0.2, 0.25) is 0 Å². The van der Waals surface area contributed by atoms with Gasteiger partial charge in [-0.05, 0) is 36.6 Å². The highest BCUT2D eigenvalue weighted by molar-refractivity contribution is 5.33. The second-order valence-corrected chi connectivity index (χ2v) is 5.47. The lowest BCUT2D eigenvalue weighted by Gasteiger charge is -2.31. The van der Waals surface area contributed by atoms with Crippen molar-refractivity contribution in [2.24, 2.45) is 5.73 Å². The Morgan fingerprint density at radius 1 is 1.10 bits per heavy atom. The monoisotopic (exact) mass is 291 g/mol. The van der Waals surface area contributed by atoms with E-state index in [1.54, 1.807) is 0 Å². The molecule has 0 saturated heterocycles. The number of hydrogen-bond donors (Lipinski definition) is 2. The van der Waals surface area contributed by atoms with E-state index in [-0.39, 0.29) is 19.6 Å². The molecule has 112 valence electrons. The minimum absolute atomic E-state index is 0.186. The molecular weight excluding hydrogens is 272 g/mol. The van der Waals surface area contributed by atoms with Gasteiger partial charge in [-0.3, -0.25) is 0 Å². The average Bonchev–Trinajstić information content (AvgIpc) is 2.44. The third-order valence-electron chi connectivity index (χ3n) is 3.79. The van der Waals surface area contributed by atoms with E-state index in [1.807, 2.05) is 31.2 Å². The molecule has 0 amide bonds. The molecule has 2 aromatic carbocycles. The first-order valence-electron chi connectivity index (χ1n) is 6.82. The summed E-state index contributed by atoms with van der Waals surface area (Å²) in [7, 11) is 0. The number of aliphatic hydroxyl groups is 1. The summed E-state index contributed by atoms with van der Waals surface area (Å²) in [5.41, 5.74) is 7.53. The van der Waals surface area contributed by atoms with Gasteiger partial charge in [0.15, 0.2) is 0 Å². The molecule has 3 N–H and O–H groups in total. The molecule has 0 heterocycles. The van der Waals surface area contributed by atoms with Gasteiger partial charge in [0, 0.05) is 18.0 Å². The lowest BCUT2D eigenvalue weighted by molar-refractivity contribution is 0.196. The van der Waals surface area contributed by atoms with Crippen molar-refractivity contribution in [3.63, 3.8) is 0 Å². The molecule has 0 saturated carbocycles. The number of rotatable bonds is 5. The van der Waals surface area contributed by atoms with Gasteiger partial charge < -0.3 is 10.8 Å². The van der Waals surface area contributed by atoms with Crippen LogP contribution >= 0.6 is 0 Å². The Morgan fingerprint density at radius 3 is 2.29 bits per heavy atom. The minimum Gasteiger partial charge on any atom is -0.395 e. The zero-order valence-electron chi connectivity index (χ0n) is 11.9. The lowest BCUT2D eigenvalue weighted by atomic mass is 9.76. The summed E-state index contributed by atoms with van der Waals surface area (Å²) >= 11 is 0. The Bertz CT molecular complexity index is 604. The maximum atomic E-state index is 13.3. The van der Waals surface area contributed by atoms with Crippen LogP contribution in [0.3, 0.4) is 0 Å². The number of hydrogen-bond acceptors (Lipinski definition) is 2. The van der Waals surface area contributed by atoms with Crippen LogP contribution in [0.4, 0.5) is 8.78 Å². The normalized spacial score (nSPS) is 14.0. The van der Waals surface area contributed by atoms with Crippen LogP contribution in [-0.2, 0) is 11.8 Å². The summed E-state index contributed by atoms with van der Waals surface area (Å²) < 4.78 is 26.7. The predicted molar refractivity (Wildman–Crippen MR) is 79.1 cm³/mol. The van der Waals surface area contributed by atoms with Gasteiger partial charge in [0.1, 0.15) is 11.6 Å². The smallest absolute Gasteiger partial charge is 0.126 e. The first kappa shape index (κ1) is 15.6. The Hall–Kier alpha value is -1.78. The Labute approximate surface area is 123 Å². The van der Waals surface area contributed by atoms with Gasteiger partial charge >= 0.3 is 0 Å². The largest absolute Gasteiger partial charge is 0.395 e. The van der Waals surface area contributed by atoms with Gasteiger partial charge in [-0.15, -0.1) is 0 Å². The van der Waals surface area contributed by atoms with Crippen LogP contribution in [0.2, 0.25) is 0 Å². The Balaban J connectivity index is 2.42. The first-order chi connectivity index (χ1) is 9.99. The van der Waals surface area contributed by atoms with Crippen molar-refractivity contribution in [3.05, 3.63) is 70.8 Å². The predicted octanol–water partition coefficient (Wildman–Crippen LogP) is 2.70. The third-order valence-corrected chi connectivity index (χ3v) is 3.79. The van der Waals surface area contributed by atoms with Crippen LogP contribution in [0, 0.1) is 18.6 Å². The molecule has 21 heavy (non-hydrogen) atoms. The summed E-state index contributed by atoms with van der Waals surface area (Å²) in [5, 5.41) is 9.85. The number of aryl methyl sites for hydroxylation is 1. The van der Waals surface area contributed by atoms with E-state index in [2.05, 4.69) is 0 Å². The molecule has 2 nitrogen and oxygen atoms in total. The van der Waals surface area contributed by atoms with Gasteiger partial charge in [-0.25, -0.2) is 8.78 Å². The molecule has 1 atom stereocenters. The summed E-state index contributed by atoms with van der Waals surface area (Å²) in [4.78, 5) is 0. The lowest BCUT2D eigenvalue weighted by Crippen LogP contribution is -2.41. The van der Waals surface area contributed by atoms with Crippen molar-refractivity contribution < 1.29 is 13.9 Å². The van der Waals surface area contributed by atoms with Crippen molar-refractivity contribution in [2.45, 2.75) is 18.8 Å². The van der Waals surface area contributed by atoms with Crippen LogP contribution in [0.1, 0.15) is 16.7 Å². The van der Waals surface area contributed by atoms with E-state index in [9.17, 15) is 13.9 Å². The Morgan fingerprint density at radius 2 is 1.76 bits per heavy atom. The van der Waals surface area contributed by atoms with Gasteiger partial charge in [0.25, 0.3) is 0 Å². The van der Waals surface area contributed by atoms with Crippen LogP contribution in [0.15, 0.2) is 42.5 Å². The molecule has 0 aromatic heterocycles. The van der Waals surface area contributed by atoms with Gasteiger partial charge in [0.05, 0.1) is 6.61 Å². The summed E-state index contributed by atoms with van der Waals surface area (Å²) in [5.74, 6) is -1.25. The second kappa shape index (κ2) is 6.33. The van der Waals surface area contributed by atoms with E-state index >= 15 is 0 Å². The molecule has 0 aliphatic heterocycles. The van der Waals surface area contributed by atoms with Crippen LogP contribution < -0.4 is 5.73 Å². The fourth-order valence-corrected chi connectivity index (χ4v) is 2.58. The van der Waals surface area contributed by atoms with Crippen LogP contribution in [0.25, 0.3) is 0 Å². The zero-order chi connectivity index (χ0) is 15.5. The van der Waals surface area contributed by atoms with Crippen molar-refractivity contribution in [2.75, 3.05) is 13.2 Å². The van der Waals surface area contributed by atoms with Crippen molar-refractivity contribution in [1.29, 1.82) is 0 Å². The minimum atomic E-state index is -0.744. The topological polar surface area (TPSA) is 46.2 Å². The van der Waals surface area contributed by atoms with Gasteiger partial charge in [-0.2, -0.15) is 0 Å². The quantitative estimate of drug-likeness (QED) is 0.889. The average molecular weight is 291 g/mol. The van der Waals surface area contributed by atoms with Crippen molar-refractivity contribution in [3.8, 4) is 0 Å². The summed E-state index contributed by atoms with van der Waals surface area (Å²) in [6.45, 7) is 1.94. The van der Waals surface area contributed by atoms with E-state index in [1.165, 1.54) is 12.1 Å². The fourth-order valence-electron chi connectivity index (χ4n) is 2.58. The molecule has 0 radical (unpaired) electrons. The molecule has 1 unspecified atom stereocenters. The highest BCUT2D eigenvalue weighted by Crippen LogP contribution is 2.28. The molecule has 0 bridgehead atoms. The fraction of sp³-hybridized carbons (Fsp3) is 0.294. The highest BCUT2D eigenvalue weighted by Gasteiger charge is 2.31. The number of aliphatic hydroxyl groups excluding tert-OH is 1. The number of benzene rings is 2. The van der Waals surface area contributed by atoms with E-state index in [0.29, 0.717) is 5.56 Å². The third kappa shape index (κ3) is 3.46. The number of halogens is 2. The van der Waals surface area contributed by atoms with Crippen molar-refractivity contribution in [1.82, 2.24) is 0 Å². The van der Waals surface area contributed by atoms with Crippen molar-refractivity contribution >= 4 is 0 Å². The molecule has 2 aromatic rings. The maximum absolute atomic E-state index is 13.3. The standard InChI is InChI=1S/C17H19F2NO/c1-12-3-2-4-14(5-12)17(10-20,11-21)9-13-6-15(18)8-16(19)7-13/h2-8,21H,9-11,20H2,1H3. The van der Waals surface area contributed by atoms with E-state index in [0.717, 1.165) is 17.2 Å². The van der Waals surface area contributed by atoms with E-state index in [4.69, 9.17) is 5.73 Å². The summed E-state index contributed by atoms with van der Waals surface area (Å²) in [6, 6.07) is 11.0. The van der Waals surface area contributed by atoms with Crippen LogP contribution in [0.5, 0.6) is 0 Å². The van der Waals surface area contributed by atoms with E-state index < -0.39 is 17.0 Å². The Kier molecular flexibility index (Phi) is 4.70. The van der Waals surface area contributed by atoms with Gasteiger partial charge in [-0.1, -0.05) is 29.8 Å². The maximum Gasteiger partial charge on any atom is 0.126 e. The first-order valence-corrected chi connectivity index (χ1v) is 6.82. The molecule has 2 rings (SSSR count). The zero-order valence-corrected chi connectivity index (χ0v) is 11.9. The molecule has 4 heteroatoms. The van der Waals surface area contributed by atoms with Crippen LogP contribution in [-0.4, -0.2) is 18.3 Å². The SMILES string of the molecule is Cc1cccc(C(CN)(CO)Cc2cc(F)cc(F)c2)c1. The molecular formula is C17H19F2NO. The number of nitrogens with two attached hydrogens (primary N) is 1. The highest BCUT2D eigenvalue weighted by atomic mass is 19.1. The molecule has 0 aliphatic rings. The molecule has 0 fully saturated rings. The molecule has 0 aliphatic carbocycles. The second-order valence-electron chi connectivity index (χ2n) is 5.47.